The number of nitriles is 1. The lowest BCUT2D eigenvalue weighted by Gasteiger charge is -2.25. The zero-order valence-corrected chi connectivity index (χ0v) is 25.5. The fourth-order valence-corrected chi connectivity index (χ4v) is 6.30. The van der Waals surface area contributed by atoms with Crippen LogP contribution in [0.15, 0.2) is 48.8 Å². The molecule has 0 spiro atoms. The minimum atomic E-state index is -4.63. The summed E-state index contributed by atoms with van der Waals surface area (Å²) < 4.78 is 45.0. The average Bonchev–Trinajstić information content (AvgIpc) is 3.36. The maximum Gasteiger partial charge on any atom is 0.416 e. The Hall–Kier alpha value is -4.76. The van der Waals surface area contributed by atoms with Gasteiger partial charge in [-0.2, -0.15) is 18.4 Å². The number of nitrogens with one attached hydrogen (secondary N) is 2. The van der Waals surface area contributed by atoms with E-state index in [1.54, 1.807) is 41.2 Å². The summed E-state index contributed by atoms with van der Waals surface area (Å²) in [6.45, 7) is 2.85. The van der Waals surface area contributed by atoms with Crippen molar-refractivity contribution in [2.24, 2.45) is 18.9 Å². The van der Waals surface area contributed by atoms with Gasteiger partial charge in [-0.15, -0.1) is 10.2 Å². The molecule has 0 radical (unpaired) electrons. The Morgan fingerprint density at radius 1 is 1.09 bits per heavy atom. The van der Waals surface area contributed by atoms with Gasteiger partial charge >= 0.3 is 6.18 Å². The highest BCUT2D eigenvalue weighted by molar-refractivity contribution is 6.10. The van der Waals surface area contributed by atoms with E-state index in [1.165, 1.54) is 11.3 Å². The van der Waals surface area contributed by atoms with Crippen molar-refractivity contribution in [2.45, 2.75) is 57.9 Å². The number of pyridine rings is 1. The molecule has 2 aromatic heterocycles. The van der Waals surface area contributed by atoms with Crippen LogP contribution in [0.5, 0.6) is 0 Å². The van der Waals surface area contributed by atoms with E-state index < -0.39 is 17.6 Å². The van der Waals surface area contributed by atoms with Gasteiger partial charge in [-0.25, -0.2) is 4.98 Å². The predicted molar refractivity (Wildman–Crippen MR) is 167 cm³/mol. The van der Waals surface area contributed by atoms with E-state index in [2.05, 4.69) is 33.8 Å². The maximum atomic E-state index is 14.4. The summed E-state index contributed by atoms with van der Waals surface area (Å²) in [6.07, 6.45) is 1.34. The summed E-state index contributed by atoms with van der Waals surface area (Å²) >= 11 is 0. The molecule has 0 unspecified atom stereocenters. The third-order valence-corrected chi connectivity index (χ3v) is 9.34. The van der Waals surface area contributed by atoms with Gasteiger partial charge in [0.15, 0.2) is 5.82 Å². The van der Waals surface area contributed by atoms with Crippen LogP contribution >= 0.6 is 0 Å². The number of rotatable bonds is 9. The summed E-state index contributed by atoms with van der Waals surface area (Å²) in [5.74, 6) is 1.74. The number of aryl methyl sites for hydroxylation is 1. The van der Waals surface area contributed by atoms with Crippen molar-refractivity contribution in [3.63, 3.8) is 0 Å². The van der Waals surface area contributed by atoms with Gasteiger partial charge in [-0.05, 0) is 102 Å². The SMILES string of the molecule is C[C@H]1C[C@@H]1Nc1cc(-c2cc(C#N)ccc2-c2nncn2C)cc(N2Cc3c(cc(CNCC4CCC4)cc3C(F)(F)F)C2=O)n1. The molecule has 2 fully saturated rings. The largest absolute Gasteiger partial charge is 0.416 e. The van der Waals surface area contributed by atoms with Crippen LogP contribution in [0, 0.1) is 23.2 Å². The molecule has 2 N–H and O–H groups in total. The highest BCUT2D eigenvalue weighted by atomic mass is 19.4. The highest BCUT2D eigenvalue weighted by Crippen LogP contribution is 2.42. The van der Waals surface area contributed by atoms with Gasteiger partial charge in [0, 0.05) is 30.8 Å². The van der Waals surface area contributed by atoms with E-state index in [-0.39, 0.29) is 36.1 Å². The summed E-state index contributed by atoms with van der Waals surface area (Å²) in [5.41, 5.74) is 2.03. The third kappa shape index (κ3) is 5.71. The van der Waals surface area contributed by atoms with Crippen LogP contribution in [0.3, 0.4) is 0 Å². The lowest BCUT2D eigenvalue weighted by molar-refractivity contribution is -0.138. The van der Waals surface area contributed by atoms with Gasteiger partial charge in [-0.3, -0.25) is 9.69 Å². The van der Waals surface area contributed by atoms with Crippen LogP contribution in [-0.2, 0) is 26.3 Å². The fourth-order valence-electron chi connectivity index (χ4n) is 6.30. The molecule has 0 bridgehead atoms. The van der Waals surface area contributed by atoms with Gasteiger partial charge in [0.05, 0.1) is 23.7 Å². The Morgan fingerprint density at radius 3 is 2.54 bits per heavy atom. The molecule has 2 atom stereocenters. The molecule has 236 valence electrons. The number of halogens is 3. The highest BCUT2D eigenvalue weighted by Gasteiger charge is 2.41. The molecule has 3 aliphatic rings. The number of anilines is 2. The van der Waals surface area contributed by atoms with Crippen molar-refractivity contribution in [2.75, 3.05) is 16.8 Å². The topological polar surface area (TPSA) is 112 Å². The Morgan fingerprint density at radius 2 is 1.89 bits per heavy atom. The molecular formula is C34H33F3N8O. The molecule has 9 nitrogen and oxygen atoms in total. The van der Waals surface area contributed by atoms with Crippen molar-refractivity contribution in [1.82, 2.24) is 25.1 Å². The van der Waals surface area contributed by atoms with E-state index >= 15 is 0 Å². The Bertz CT molecular complexity index is 1870. The molecule has 3 heterocycles. The van der Waals surface area contributed by atoms with E-state index in [0.717, 1.165) is 31.9 Å². The number of benzene rings is 2. The van der Waals surface area contributed by atoms with Crippen LogP contribution in [0.25, 0.3) is 22.5 Å². The van der Waals surface area contributed by atoms with Crippen molar-refractivity contribution in [3.05, 3.63) is 76.6 Å². The Kier molecular flexibility index (Phi) is 7.51. The number of hydrogen-bond acceptors (Lipinski definition) is 7. The summed E-state index contributed by atoms with van der Waals surface area (Å²) in [5, 5.41) is 24.7. The number of aromatic nitrogens is 4. The molecule has 2 aromatic carbocycles. The van der Waals surface area contributed by atoms with Crippen LogP contribution < -0.4 is 15.5 Å². The first-order valence-corrected chi connectivity index (χ1v) is 15.5. The first kappa shape index (κ1) is 29.9. The number of fused-ring (bicyclic) bond motifs is 1. The Labute approximate surface area is 264 Å². The van der Waals surface area contributed by atoms with Crippen LogP contribution in [0.1, 0.15) is 65.2 Å². The second-order valence-electron chi connectivity index (χ2n) is 12.7. The van der Waals surface area contributed by atoms with Gasteiger partial charge in [-0.1, -0.05) is 13.3 Å². The van der Waals surface area contributed by atoms with E-state index in [9.17, 15) is 23.2 Å². The molecule has 2 saturated carbocycles. The minimum Gasteiger partial charge on any atom is -0.367 e. The number of nitrogens with zero attached hydrogens (tertiary/aromatic N) is 6. The maximum absolute atomic E-state index is 14.4. The minimum absolute atomic E-state index is 0.0408. The molecule has 4 aromatic rings. The predicted octanol–water partition coefficient (Wildman–Crippen LogP) is 6.30. The second kappa shape index (κ2) is 11.6. The number of carbonyl (C=O) groups is 1. The van der Waals surface area contributed by atoms with Crippen molar-refractivity contribution < 1.29 is 18.0 Å². The summed E-state index contributed by atoms with van der Waals surface area (Å²) in [6, 6.07) is 13.9. The van der Waals surface area contributed by atoms with Crippen LogP contribution in [0.4, 0.5) is 24.8 Å². The van der Waals surface area contributed by atoms with Gasteiger partial charge in [0.2, 0.25) is 0 Å². The third-order valence-electron chi connectivity index (χ3n) is 9.34. The standard InChI is InChI=1S/C34H33F3N8O/c1-19-8-29(19)41-30-12-23(25-9-21(14-38)6-7-24(25)32-43-40-18-44(32)2)13-31(42-30)45-17-27-26(33(45)46)10-22(11-28(27)34(35,36)37)16-39-15-20-4-3-5-20/h6-7,9-13,18-20,29,39H,3-5,8,15-17H2,1-2H3,(H,41,42)/t19-,29-/m0/s1. The first-order valence-electron chi connectivity index (χ1n) is 15.5. The zero-order valence-electron chi connectivity index (χ0n) is 25.5. The smallest absolute Gasteiger partial charge is 0.367 e. The zero-order chi connectivity index (χ0) is 32.2. The molecule has 12 heteroatoms. The Balaban J connectivity index is 1.29. The second-order valence-corrected chi connectivity index (χ2v) is 12.7. The average molecular weight is 627 g/mol. The van der Waals surface area contributed by atoms with Crippen LogP contribution in [-0.4, -0.2) is 38.2 Å². The normalized spacial score (nSPS) is 19.1. The molecule has 7 rings (SSSR count). The lowest BCUT2D eigenvalue weighted by Crippen LogP contribution is -2.27. The van der Waals surface area contributed by atoms with Gasteiger partial charge in [0.25, 0.3) is 5.91 Å². The fraction of sp³-hybridized carbons (Fsp3) is 0.382. The van der Waals surface area contributed by atoms with Crippen LogP contribution in [0.2, 0.25) is 0 Å². The molecule has 1 amide bonds. The number of alkyl halides is 3. The molecular weight excluding hydrogens is 593 g/mol. The van der Waals surface area contributed by atoms with E-state index in [4.69, 9.17) is 4.98 Å². The van der Waals surface area contributed by atoms with Crippen molar-refractivity contribution in [3.8, 4) is 28.6 Å². The van der Waals surface area contributed by atoms with E-state index in [1.807, 2.05) is 13.1 Å². The first-order chi connectivity index (χ1) is 22.1. The number of amides is 1. The van der Waals surface area contributed by atoms with Gasteiger partial charge < -0.3 is 15.2 Å². The molecule has 46 heavy (non-hydrogen) atoms. The lowest BCUT2D eigenvalue weighted by atomic mass is 9.85. The van der Waals surface area contributed by atoms with Crippen molar-refractivity contribution >= 4 is 17.5 Å². The quantitative estimate of drug-likeness (QED) is 0.224. The van der Waals surface area contributed by atoms with E-state index in [0.29, 0.717) is 51.3 Å². The van der Waals surface area contributed by atoms with Crippen molar-refractivity contribution in [1.29, 1.82) is 5.26 Å². The molecule has 1 aliphatic heterocycles. The number of hydrogen-bond donors (Lipinski definition) is 2. The molecule has 0 saturated heterocycles. The summed E-state index contributed by atoms with van der Waals surface area (Å²) in [7, 11) is 1.81. The summed E-state index contributed by atoms with van der Waals surface area (Å²) in [4.78, 5) is 20.0. The number of carbonyl (C=O) groups excluding carboxylic acids is 1. The van der Waals surface area contributed by atoms with Gasteiger partial charge in [0.1, 0.15) is 18.0 Å². The monoisotopic (exact) mass is 626 g/mol. The molecule has 2 aliphatic carbocycles.